The monoisotopic (exact) mass is 210 g/mol. The third kappa shape index (κ3) is 1.57. The van der Waals surface area contributed by atoms with Gasteiger partial charge in [0.1, 0.15) is 6.33 Å². The van der Waals surface area contributed by atoms with E-state index >= 15 is 0 Å². The van der Waals surface area contributed by atoms with Crippen molar-refractivity contribution < 1.29 is 13.0 Å². The molecule has 0 amide bonds. The van der Waals surface area contributed by atoms with Crippen LogP contribution >= 0.6 is 0 Å². The predicted molar refractivity (Wildman–Crippen MR) is 49.4 cm³/mol. The molecule has 0 spiro atoms. The molecule has 0 saturated carbocycles. The lowest BCUT2D eigenvalue weighted by atomic mass is 10.2. The molecule has 6 heteroatoms. The molecule has 72 valence electrons. The van der Waals surface area contributed by atoms with Gasteiger partial charge in [0, 0.05) is 11.6 Å². The highest BCUT2D eigenvalue weighted by Gasteiger charge is 2.09. The van der Waals surface area contributed by atoms with Crippen LogP contribution in [0, 0.1) is 0 Å². The van der Waals surface area contributed by atoms with Gasteiger partial charge in [-0.25, -0.2) is 9.97 Å². The van der Waals surface area contributed by atoms with Gasteiger partial charge in [-0.3, -0.25) is 4.55 Å². The summed E-state index contributed by atoms with van der Waals surface area (Å²) in [5, 5.41) is 0.722. The fraction of sp³-hybridized carbons (Fsp3) is 0. The lowest BCUT2D eigenvalue weighted by Crippen LogP contribution is -1.97. The highest BCUT2D eigenvalue weighted by atomic mass is 32.2. The Labute approximate surface area is 80.2 Å². The van der Waals surface area contributed by atoms with Crippen molar-refractivity contribution in [3.63, 3.8) is 0 Å². The van der Waals surface area contributed by atoms with Gasteiger partial charge >= 0.3 is 0 Å². The van der Waals surface area contributed by atoms with Crippen molar-refractivity contribution in [2.75, 3.05) is 0 Å². The zero-order chi connectivity index (χ0) is 10.2. The molecule has 2 aromatic rings. The van der Waals surface area contributed by atoms with E-state index in [9.17, 15) is 8.42 Å². The maximum Gasteiger partial charge on any atom is 0.294 e. The Morgan fingerprint density at radius 1 is 1.29 bits per heavy atom. The van der Waals surface area contributed by atoms with Crippen LogP contribution in [0.3, 0.4) is 0 Å². The second-order valence-corrected chi connectivity index (χ2v) is 4.14. The summed E-state index contributed by atoms with van der Waals surface area (Å²) in [6.07, 6.45) is 2.88. The van der Waals surface area contributed by atoms with E-state index in [0.717, 1.165) is 5.39 Å². The van der Waals surface area contributed by atoms with Gasteiger partial charge in [-0.2, -0.15) is 8.42 Å². The number of nitrogens with zero attached hydrogens (tertiary/aromatic N) is 2. The zero-order valence-electron chi connectivity index (χ0n) is 6.95. The zero-order valence-corrected chi connectivity index (χ0v) is 7.77. The van der Waals surface area contributed by atoms with E-state index in [1.54, 1.807) is 12.3 Å². The van der Waals surface area contributed by atoms with Gasteiger partial charge in [0.05, 0.1) is 10.4 Å². The summed E-state index contributed by atoms with van der Waals surface area (Å²) in [4.78, 5) is 7.49. The molecule has 0 radical (unpaired) electrons. The summed E-state index contributed by atoms with van der Waals surface area (Å²) >= 11 is 0. The highest BCUT2D eigenvalue weighted by molar-refractivity contribution is 7.85. The van der Waals surface area contributed by atoms with Gasteiger partial charge in [-0.1, -0.05) is 0 Å². The fourth-order valence-corrected chi connectivity index (χ4v) is 1.61. The fourth-order valence-electron chi connectivity index (χ4n) is 1.11. The van der Waals surface area contributed by atoms with E-state index in [0.29, 0.717) is 5.52 Å². The molecule has 0 bridgehead atoms. The van der Waals surface area contributed by atoms with Crippen LogP contribution in [-0.2, 0) is 10.1 Å². The van der Waals surface area contributed by atoms with Crippen molar-refractivity contribution in [1.82, 2.24) is 9.97 Å². The summed E-state index contributed by atoms with van der Waals surface area (Å²) in [6, 6.07) is 4.14. The molecule has 0 aliphatic rings. The van der Waals surface area contributed by atoms with E-state index in [-0.39, 0.29) is 4.90 Å². The van der Waals surface area contributed by atoms with Crippen molar-refractivity contribution >= 4 is 21.0 Å². The van der Waals surface area contributed by atoms with E-state index in [2.05, 4.69) is 9.97 Å². The molecule has 0 atom stereocenters. The molecular formula is C8H6N2O3S. The first kappa shape index (κ1) is 9.04. The van der Waals surface area contributed by atoms with Gasteiger partial charge in [0.25, 0.3) is 10.1 Å². The Hall–Kier alpha value is -1.53. The molecule has 0 saturated heterocycles. The Kier molecular flexibility index (Phi) is 1.94. The molecule has 5 nitrogen and oxygen atoms in total. The van der Waals surface area contributed by atoms with Crippen LogP contribution in [0.4, 0.5) is 0 Å². The molecule has 1 heterocycles. The minimum absolute atomic E-state index is 0.163. The van der Waals surface area contributed by atoms with Crippen molar-refractivity contribution in [3.8, 4) is 0 Å². The molecule has 0 fully saturated rings. The van der Waals surface area contributed by atoms with Crippen LogP contribution in [0.25, 0.3) is 10.9 Å². The highest BCUT2D eigenvalue weighted by Crippen LogP contribution is 2.15. The minimum atomic E-state index is -4.15. The molecule has 1 aromatic carbocycles. The van der Waals surface area contributed by atoms with Crippen molar-refractivity contribution in [3.05, 3.63) is 30.7 Å². The number of aromatic nitrogens is 2. The predicted octanol–water partition coefficient (Wildman–Crippen LogP) is 0.876. The van der Waals surface area contributed by atoms with Crippen LogP contribution in [0.1, 0.15) is 0 Å². The summed E-state index contributed by atoms with van der Waals surface area (Å²) in [7, 11) is -4.15. The molecule has 0 aliphatic carbocycles. The molecule has 0 unspecified atom stereocenters. The first-order valence-corrected chi connectivity index (χ1v) is 5.19. The standard InChI is InChI=1S/C8H6N2O3S/c11-14(12,13)7-2-1-6-4-9-5-10-8(6)3-7/h1-5H,(H,11,12,13). The van der Waals surface area contributed by atoms with Crippen LogP contribution in [-0.4, -0.2) is 22.9 Å². The molecule has 2 rings (SSSR count). The summed E-state index contributed by atoms with van der Waals surface area (Å²) in [6.45, 7) is 0. The Morgan fingerprint density at radius 2 is 2.07 bits per heavy atom. The third-order valence-corrected chi connectivity index (χ3v) is 2.63. The van der Waals surface area contributed by atoms with Gasteiger partial charge in [-0.15, -0.1) is 0 Å². The maximum atomic E-state index is 10.8. The average Bonchev–Trinajstić information content (AvgIpc) is 2.16. The largest absolute Gasteiger partial charge is 0.294 e. The van der Waals surface area contributed by atoms with Gasteiger partial charge < -0.3 is 0 Å². The second kappa shape index (κ2) is 3.00. The smallest absolute Gasteiger partial charge is 0.282 e. The first-order valence-electron chi connectivity index (χ1n) is 3.74. The van der Waals surface area contributed by atoms with Crippen LogP contribution in [0.2, 0.25) is 0 Å². The molecule has 1 aromatic heterocycles. The normalized spacial score (nSPS) is 11.8. The van der Waals surface area contributed by atoms with Crippen LogP contribution < -0.4 is 0 Å². The number of benzene rings is 1. The number of rotatable bonds is 1. The van der Waals surface area contributed by atoms with E-state index in [1.165, 1.54) is 18.5 Å². The number of hydrogen-bond donors (Lipinski definition) is 1. The second-order valence-electron chi connectivity index (χ2n) is 2.72. The van der Waals surface area contributed by atoms with Crippen LogP contribution in [0.15, 0.2) is 35.6 Å². The first-order chi connectivity index (χ1) is 6.57. The summed E-state index contributed by atoms with van der Waals surface area (Å²) in [5.74, 6) is 0. The Balaban J connectivity index is 2.75. The summed E-state index contributed by atoms with van der Waals surface area (Å²) < 4.78 is 30.4. The molecule has 14 heavy (non-hydrogen) atoms. The molecule has 1 N–H and O–H groups in total. The summed E-state index contributed by atoms with van der Waals surface area (Å²) in [5.41, 5.74) is 0.482. The molecule has 0 aliphatic heterocycles. The van der Waals surface area contributed by atoms with Crippen molar-refractivity contribution in [2.24, 2.45) is 0 Å². The van der Waals surface area contributed by atoms with E-state index in [4.69, 9.17) is 4.55 Å². The lowest BCUT2D eigenvalue weighted by molar-refractivity contribution is 0.483. The number of hydrogen-bond acceptors (Lipinski definition) is 4. The third-order valence-electron chi connectivity index (χ3n) is 1.78. The molecular weight excluding hydrogens is 204 g/mol. The van der Waals surface area contributed by atoms with Crippen LogP contribution in [0.5, 0.6) is 0 Å². The minimum Gasteiger partial charge on any atom is -0.282 e. The quantitative estimate of drug-likeness (QED) is 0.706. The van der Waals surface area contributed by atoms with E-state index < -0.39 is 10.1 Å². The van der Waals surface area contributed by atoms with Gasteiger partial charge in [0.2, 0.25) is 0 Å². The maximum absolute atomic E-state index is 10.8. The Morgan fingerprint density at radius 3 is 2.79 bits per heavy atom. The lowest BCUT2D eigenvalue weighted by Gasteiger charge is -1.98. The van der Waals surface area contributed by atoms with Crippen molar-refractivity contribution in [2.45, 2.75) is 4.90 Å². The van der Waals surface area contributed by atoms with E-state index in [1.807, 2.05) is 0 Å². The topological polar surface area (TPSA) is 80.2 Å². The van der Waals surface area contributed by atoms with Gasteiger partial charge in [-0.05, 0) is 18.2 Å². The Bertz CT molecular complexity index is 580. The van der Waals surface area contributed by atoms with Crippen molar-refractivity contribution in [1.29, 1.82) is 0 Å². The SMILES string of the molecule is O=S(=O)(O)c1ccc2cncnc2c1. The number of fused-ring (bicyclic) bond motifs is 1. The van der Waals surface area contributed by atoms with Gasteiger partial charge in [0.15, 0.2) is 0 Å². The average molecular weight is 210 g/mol.